The van der Waals surface area contributed by atoms with Gasteiger partial charge in [0, 0.05) is 6.07 Å². The van der Waals surface area contributed by atoms with Gasteiger partial charge in [-0.15, -0.1) is 10.2 Å². The molecule has 1 heterocycles. The van der Waals surface area contributed by atoms with E-state index < -0.39 is 0 Å². The molecule has 1 aromatic heterocycles. The van der Waals surface area contributed by atoms with Crippen LogP contribution in [0.15, 0.2) is 42.5 Å². The molecule has 0 radical (unpaired) electrons. The van der Waals surface area contributed by atoms with Gasteiger partial charge in [0.1, 0.15) is 22.5 Å². The zero-order chi connectivity index (χ0) is 14.2. The molecule has 21 heavy (non-hydrogen) atoms. The number of phenolic OH excluding ortho intramolecular Hbond substituents is 1. The number of rotatable bonds is 4. The van der Waals surface area contributed by atoms with Crippen LogP contribution < -0.4 is 4.74 Å². The molecule has 2 aromatic carbocycles. The highest BCUT2D eigenvalue weighted by molar-refractivity contribution is 5.75. The summed E-state index contributed by atoms with van der Waals surface area (Å²) in [5.74, 6) is 1.80. The van der Waals surface area contributed by atoms with Gasteiger partial charge in [0.25, 0.3) is 0 Å². The minimum absolute atomic E-state index is 0.228. The van der Waals surface area contributed by atoms with Gasteiger partial charge in [0.05, 0.1) is 12.3 Å². The van der Waals surface area contributed by atoms with Crippen LogP contribution in [0.3, 0.4) is 0 Å². The molecule has 5 nitrogen and oxygen atoms in total. The fourth-order valence-electron chi connectivity index (χ4n) is 2.18. The van der Waals surface area contributed by atoms with E-state index in [9.17, 15) is 5.11 Å². The van der Waals surface area contributed by atoms with E-state index in [0.29, 0.717) is 0 Å². The van der Waals surface area contributed by atoms with Gasteiger partial charge < -0.3 is 9.84 Å². The molecule has 0 bridgehead atoms. The predicted octanol–water partition coefficient (Wildman–Crippen LogP) is 2.91. The molecule has 0 amide bonds. The van der Waals surface area contributed by atoms with E-state index in [4.69, 9.17) is 4.74 Å². The Morgan fingerprint density at radius 2 is 1.81 bits per heavy atom. The molecule has 0 unspecified atom stereocenters. The lowest BCUT2D eigenvalue weighted by molar-refractivity contribution is 0.300. The summed E-state index contributed by atoms with van der Waals surface area (Å²) in [6.45, 7) is 0.789. The zero-order valence-corrected chi connectivity index (χ0v) is 11.4. The highest BCUT2D eigenvalue weighted by Gasteiger charge is 2.22. The number of ether oxygens (including phenoxy) is 1. The Hall–Kier alpha value is -2.56. The highest BCUT2D eigenvalue weighted by Crippen LogP contribution is 2.30. The van der Waals surface area contributed by atoms with Gasteiger partial charge in [-0.1, -0.05) is 0 Å². The molecular formula is C16H15N3O2. The van der Waals surface area contributed by atoms with Gasteiger partial charge in [-0.2, -0.15) is 4.80 Å². The van der Waals surface area contributed by atoms with E-state index in [-0.39, 0.29) is 5.75 Å². The average molecular weight is 281 g/mol. The monoisotopic (exact) mass is 281 g/mol. The summed E-state index contributed by atoms with van der Waals surface area (Å²) in [7, 11) is 0. The number of hydrogen-bond donors (Lipinski definition) is 1. The molecule has 3 aromatic rings. The third-order valence-corrected chi connectivity index (χ3v) is 3.62. The molecule has 1 saturated carbocycles. The summed E-state index contributed by atoms with van der Waals surface area (Å²) in [5.41, 5.74) is 2.43. The molecule has 1 fully saturated rings. The minimum atomic E-state index is 0.228. The number of phenols is 1. The molecule has 0 spiro atoms. The maximum absolute atomic E-state index is 9.32. The van der Waals surface area contributed by atoms with Gasteiger partial charge in [0.2, 0.25) is 0 Å². The number of fused-ring (bicyclic) bond motifs is 1. The van der Waals surface area contributed by atoms with Crippen molar-refractivity contribution < 1.29 is 9.84 Å². The van der Waals surface area contributed by atoms with Crippen molar-refractivity contribution in [2.45, 2.75) is 12.8 Å². The van der Waals surface area contributed by atoms with Crippen molar-refractivity contribution in [3.8, 4) is 17.2 Å². The third-order valence-electron chi connectivity index (χ3n) is 3.62. The largest absolute Gasteiger partial charge is 0.508 e. The van der Waals surface area contributed by atoms with Gasteiger partial charge in [0.15, 0.2) is 0 Å². The maximum Gasteiger partial charge on any atom is 0.121 e. The van der Waals surface area contributed by atoms with Crippen LogP contribution in [0.25, 0.3) is 16.7 Å². The Balaban J connectivity index is 1.63. The van der Waals surface area contributed by atoms with Crippen molar-refractivity contribution in [2.24, 2.45) is 5.92 Å². The summed E-state index contributed by atoms with van der Waals surface area (Å²) in [6, 6.07) is 12.6. The van der Waals surface area contributed by atoms with Crippen LogP contribution in [-0.2, 0) is 0 Å². The molecule has 1 aliphatic carbocycles. The van der Waals surface area contributed by atoms with Gasteiger partial charge in [-0.3, -0.25) is 0 Å². The van der Waals surface area contributed by atoms with Gasteiger partial charge in [-0.25, -0.2) is 0 Å². The van der Waals surface area contributed by atoms with Crippen LogP contribution in [0.5, 0.6) is 11.5 Å². The van der Waals surface area contributed by atoms with Crippen molar-refractivity contribution >= 4 is 11.0 Å². The Labute approximate surface area is 121 Å². The van der Waals surface area contributed by atoms with Crippen LogP contribution in [0.2, 0.25) is 0 Å². The Bertz CT molecular complexity index is 776. The first kappa shape index (κ1) is 12.2. The van der Waals surface area contributed by atoms with E-state index in [1.165, 1.54) is 12.8 Å². The Morgan fingerprint density at radius 1 is 1.05 bits per heavy atom. The summed E-state index contributed by atoms with van der Waals surface area (Å²) < 4.78 is 5.76. The number of benzene rings is 2. The van der Waals surface area contributed by atoms with Crippen LogP contribution in [0.1, 0.15) is 12.8 Å². The number of aromatic hydroxyl groups is 1. The second kappa shape index (κ2) is 4.77. The van der Waals surface area contributed by atoms with E-state index in [1.54, 1.807) is 29.1 Å². The number of aromatic nitrogens is 3. The second-order valence-corrected chi connectivity index (χ2v) is 5.41. The predicted molar refractivity (Wildman–Crippen MR) is 78.7 cm³/mol. The molecule has 106 valence electrons. The van der Waals surface area contributed by atoms with E-state index in [1.807, 2.05) is 18.2 Å². The number of hydrogen-bond acceptors (Lipinski definition) is 4. The average Bonchev–Trinajstić information content (AvgIpc) is 3.23. The minimum Gasteiger partial charge on any atom is -0.508 e. The third kappa shape index (κ3) is 2.54. The van der Waals surface area contributed by atoms with E-state index in [0.717, 1.165) is 35.0 Å². The fraction of sp³-hybridized carbons (Fsp3) is 0.250. The normalized spacial score (nSPS) is 14.5. The van der Waals surface area contributed by atoms with Crippen molar-refractivity contribution in [2.75, 3.05) is 6.61 Å². The van der Waals surface area contributed by atoms with E-state index >= 15 is 0 Å². The van der Waals surface area contributed by atoms with Crippen molar-refractivity contribution in [3.05, 3.63) is 42.5 Å². The topological polar surface area (TPSA) is 60.2 Å². The lowest BCUT2D eigenvalue weighted by Crippen LogP contribution is -1.98. The molecule has 0 aliphatic heterocycles. The molecule has 1 N–H and O–H groups in total. The standard InChI is InChI=1S/C16H15N3O2/c20-13-5-3-12(4-6-13)19-17-15-8-7-14(9-16(15)18-19)21-10-11-1-2-11/h3-9,11,20H,1-2,10H2. The van der Waals surface area contributed by atoms with Crippen molar-refractivity contribution in [1.29, 1.82) is 0 Å². The van der Waals surface area contributed by atoms with Crippen LogP contribution in [-0.4, -0.2) is 26.7 Å². The first-order chi connectivity index (χ1) is 10.3. The summed E-state index contributed by atoms with van der Waals surface area (Å²) >= 11 is 0. The smallest absolute Gasteiger partial charge is 0.121 e. The lowest BCUT2D eigenvalue weighted by Gasteiger charge is -2.03. The van der Waals surface area contributed by atoms with Crippen LogP contribution >= 0.6 is 0 Å². The first-order valence-electron chi connectivity index (χ1n) is 7.07. The molecule has 5 heteroatoms. The quantitative estimate of drug-likeness (QED) is 0.798. The van der Waals surface area contributed by atoms with Gasteiger partial charge in [-0.05, 0) is 55.2 Å². The molecular weight excluding hydrogens is 266 g/mol. The summed E-state index contributed by atoms with van der Waals surface area (Å²) in [4.78, 5) is 1.56. The molecule has 1 aliphatic rings. The van der Waals surface area contributed by atoms with Crippen molar-refractivity contribution in [1.82, 2.24) is 15.0 Å². The molecule has 0 saturated heterocycles. The number of nitrogens with zero attached hydrogens (tertiary/aromatic N) is 3. The van der Waals surface area contributed by atoms with Gasteiger partial charge >= 0.3 is 0 Å². The molecule has 0 atom stereocenters. The van der Waals surface area contributed by atoms with Crippen molar-refractivity contribution in [3.63, 3.8) is 0 Å². The fourth-order valence-corrected chi connectivity index (χ4v) is 2.18. The first-order valence-corrected chi connectivity index (χ1v) is 7.07. The Morgan fingerprint density at radius 3 is 2.57 bits per heavy atom. The molecule has 4 rings (SSSR count). The zero-order valence-electron chi connectivity index (χ0n) is 11.4. The van der Waals surface area contributed by atoms with Crippen LogP contribution in [0, 0.1) is 5.92 Å². The highest BCUT2D eigenvalue weighted by atomic mass is 16.5. The lowest BCUT2D eigenvalue weighted by atomic mass is 10.3. The van der Waals surface area contributed by atoms with E-state index in [2.05, 4.69) is 10.2 Å². The summed E-state index contributed by atoms with van der Waals surface area (Å²) in [6.07, 6.45) is 2.55. The maximum atomic E-state index is 9.32. The SMILES string of the molecule is Oc1ccc(-n2nc3ccc(OCC4CC4)cc3n2)cc1. The Kier molecular flexibility index (Phi) is 2.77. The second-order valence-electron chi connectivity index (χ2n) is 5.41. The van der Waals surface area contributed by atoms with Crippen LogP contribution in [0.4, 0.5) is 0 Å². The summed E-state index contributed by atoms with van der Waals surface area (Å²) in [5, 5.41) is 18.2.